The predicted molar refractivity (Wildman–Crippen MR) is 85.1 cm³/mol. The minimum atomic E-state index is 1.10. The topological polar surface area (TPSA) is 22.3 Å². The lowest BCUT2D eigenvalue weighted by Crippen LogP contribution is -2.37. The molecule has 0 spiro atoms. The van der Waals surface area contributed by atoms with Gasteiger partial charge in [0.25, 0.3) is 0 Å². The molecule has 1 aliphatic rings. The maximum atomic E-state index is 3.59. The van der Waals surface area contributed by atoms with Crippen LogP contribution in [0.5, 0.6) is 0 Å². The molecule has 3 rings (SSSR count). The lowest BCUT2D eigenvalue weighted by Gasteiger charge is -2.29. The number of rotatable bonds is 5. The summed E-state index contributed by atoms with van der Waals surface area (Å²) >= 11 is 0. The lowest BCUT2D eigenvalue weighted by atomic mass is 10.0. The van der Waals surface area contributed by atoms with Crippen molar-refractivity contribution < 1.29 is 0 Å². The van der Waals surface area contributed by atoms with Crippen LogP contribution in [0.15, 0.2) is 24.3 Å². The first kappa shape index (κ1) is 13.7. The van der Waals surface area contributed by atoms with Crippen LogP contribution >= 0.6 is 0 Å². The van der Waals surface area contributed by atoms with Gasteiger partial charge in [-0.25, -0.2) is 0 Å². The van der Waals surface area contributed by atoms with Crippen molar-refractivity contribution >= 4 is 10.9 Å². The highest BCUT2D eigenvalue weighted by Gasteiger charge is 2.20. The molecule has 2 aromatic rings. The Balaban J connectivity index is 1.71. The van der Waals surface area contributed by atoms with Crippen LogP contribution in [0.4, 0.5) is 0 Å². The Hall–Kier alpha value is -1.32. The molecule has 2 heterocycles. The van der Waals surface area contributed by atoms with Crippen LogP contribution < -0.4 is 0 Å². The van der Waals surface area contributed by atoms with E-state index in [1.165, 1.54) is 41.8 Å². The Morgan fingerprint density at radius 3 is 2.80 bits per heavy atom. The molecule has 108 valence electrons. The van der Waals surface area contributed by atoms with Crippen molar-refractivity contribution in [2.24, 2.45) is 0 Å². The molecule has 20 heavy (non-hydrogen) atoms. The lowest BCUT2D eigenvalue weighted by molar-refractivity contribution is 0.202. The number of nitrogens with zero attached hydrogens (tertiary/aromatic N) is 2. The molecule has 0 atom stereocenters. The van der Waals surface area contributed by atoms with Gasteiger partial charge in [0.2, 0.25) is 0 Å². The molecule has 1 aliphatic heterocycles. The Kier molecular flexibility index (Phi) is 4.08. The van der Waals surface area contributed by atoms with Gasteiger partial charge >= 0.3 is 0 Å². The number of aromatic amines is 1. The fraction of sp³-hybridized carbons (Fsp3) is 0.529. The average molecular weight is 271 g/mol. The fourth-order valence-electron chi connectivity index (χ4n) is 3.24. The van der Waals surface area contributed by atoms with Crippen molar-refractivity contribution in [1.29, 1.82) is 0 Å². The third-order valence-electron chi connectivity index (χ3n) is 4.59. The van der Waals surface area contributed by atoms with Gasteiger partial charge in [0.15, 0.2) is 0 Å². The third kappa shape index (κ3) is 2.60. The molecule has 1 N–H and O–H groups in total. The molecule has 0 radical (unpaired) electrons. The molecule has 0 bridgehead atoms. The zero-order valence-electron chi connectivity index (χ0n) is 12.7. The summed E-state index contributed by atoms with van der Waals surface area (Å²) in [4.78, 5) is 8.69. The van der Waals surface area contributed by atoms with E-state index < -0.39 is 0 Å². The number of H-pyrrole nitrogens is 1. The van der Waals surface area contributed by atoms with Gasteiger partial charge in [-0.2, -0.15) is 0 Å². The Morgan fingerprint density at radius 1 is 1.20 bits per heavy atom. The summed E-state index contributed by atoms with van der Waals surface area (Å²) in [6.07, 6.45) is 1.16. The summed E-state index contributed by atoms with van der Waals surface area (Å²) in [5.74, 6) is 0. The third-order valence-corrected chi connectivity index (χ3v) is 4.59. The van der Waals surface area contributed by atoms with Crippen molar-refractivity contribution in [2.45, 2.75) is 26.8 Å². The molecule has 3 heteroatoms. The number of benzene rings is 1. The normalized spacial score (nSPS) is 15.9. The van der Waals surface area contributed by atoms with E-state index in [0.29, 0.717) is 0 Å². The van der Waals surface area contributed by atoms with Crippen LogP contribution in [0.2, 0.25) is 0 Å². The van der Waals surface area contributed by atoms with E-state index >= 15 is 0 Å². The maximum absolute atomic E-state index is 3.59. The van der Waals surface area contributed by atoms with Crippen LogP contribution in [-0.4, -0.2) is 47.5 Å². The first-order valence-electron chi connectivity index (χ1n) is 7.85. The summed E-state index contributed by atoms with van der Waals surface area (Å²) in [5.41, 5.74) is 4.26. The SMILES string of the molecule is CCN(CC)CCN1CCc2[nH]c3ccccc3c2C1. The minimum absolute atomic E-state index is 1.10. The highest BCUT2D eigenvalue weighted by Crippen LogP contribution is 2.27. The molecule has 1 aromatic carbocycles. The van der Waals surface area contributed by atoms with Gasteiger partial charge in [0, 0.05) is 49.2 Å². The zero-order valence-corrected chi connectivity index (χ0v) is 12.7. The van der Waals surface area contributed by atoms with Crippen molar-refractivity contribution in [1.82, 2.24) is 14.8 Å². The van der Waals surface area contributed by atoms with E-state index in [0.717, 1.165) is 26.1 Å². The second kappa shape index (κ2) is 5.98. The van der Waals surface area contributed by atoms with E-state index in [2.05, 4.69) is 52.9 Å². The molecular weight excluding hydrogens is 246 g/mol. The maximum Gasteiger partial charge on any atom is 0.0459 e. The molecule has 1 aromatic heterocycles. The van der Waals surface area contributed by atoms with E-state index in [4.69, 9.17) is 0 Å². The number of fused-ring (bicyclic) bond motifs is 3. The summed E-state index contributed by atoms with van der Waals surface area (Å²) in [6, 6.07) is 8.69. The highest BCUT2D eigenvalue weighted by molar-refractivity contribution is 5.84. The second-order valence-electron chi connectivity index (χ2n) is 5.68. The summed E-state index contributed by atoms with van der Waals surface area (Å²) in [6.45, 7) is 11.5. The molecule has 0 saturated heterocycles. The van der Waals surface area contributed by atoms with Gasteiger partial charge in [-0.1, -0.05) is 32.0 Å². The van der Waals surface area contributed by atoms with Crippen molar-refractivity contribution in [3.8, 4) is 0 Å². The molecular formula is C17H25N3. The van der Waals surface area contributed by atoms with Crippen molar-refractivity contribution in [2.75, 3.05) is 32.7 Å². The first-order valence-corrected chi connectivity index (χ1v) is 7.85. The van der Waals surface area contributed by atoms with Gasteiger partial charge in [0.05, 0.1) is 0 Å². The largest absolute Gasteiger partial charge is 0.358 e. The molecule has 3 nitrogen and oxygen atoms in total. The number of hydrogen-bond donors (Lipinski definition) is 1. The van der Waals surface area contributed by atoms with Gasteiger partial charge in [-0.3, -0.25) is 4.90 Å². The monoisotopic (exact) mass is 271 g/mol. The molecule has 0 unspecified atom stereocenters. The smallest absolute Gasteiger partial charge is 0.0459 e. The summed E-state index contributed by atoms with van der Waals surface area (Å²) in [5, 5.41) is 1.41. The molecule has 0 amide bonds. The number of para-hydroxylation sites is 1. The van der Waals surface area contributed by atoms with Crippen LogP contribution in [0.1, 0.15) is 25.1 Å². The predicted octanol–water partition coefficient (Wildman–Crippen LogP) is 2.87. The van der Waals surface area contributed by atoms with Crippen LogP contribution in [0, 0.1) is 0 Å². The van der Waals surface area contributed by atoms with E-state index in [1.807, 2.05) is 0 Å². The highest BCUT2D eigenvalue weighted by atomic mass is 15.2. The van der Waals surface area contributed by atoms with Gasteiger partial charge < -0.3 is 9.88 Å². The fourth-order valence-corrected chi connectivity index (χ4v) is 3.24. The number of nitrogens with one attached hydrogen (secondary N) is 1. The Labute approximate surface area is 121 Å². The first-order chi connectivity index (χ1) is 9.81. The average Bonchev–Trinajstić information content (AvgIpc) is 2.86. The van der Waals surface area contributed by atoms with E-state index in [-0.39, 0.29) is 0 Å². The van der Waals surface area contributed by atoms with E-state index in [1.54, 1.807) is 0 Å². The van der Waals surface area contributed by atoms with Crippen molar-refractivity contribution in [3.63, 3.8) is 0 Å². The Morgan fingerprint density at radius 2 is 2.00 bits per heavy atom. The number of hydrogen-bond acceptors (Lipinski definition) is 2. The standard InChI is InChI=1S/C17H25N3/c1-3-19(4-2)11-12-20-10-9-17-15(13-20)14-7-5-6-8-16(14)18-17/h5-8,18H,3-4,9-13H2,1-2H3. The van der Waals surface area contributed by atoms with Crippen LogP contribution in [-0.2, 0) is 13.0 Å². The second-order valence-corrected chi connectivity index (χ2v) is 5.68. The molecule has 0 aliphatic carbocycles. The van der Waals surface area contributed by atoms with E-state index in [9.17, 15) is 0 Å². The summed E-state index contributed by atoms with van der Waals surface area (Å²) < 4.78 is 0. The van der Waals surface area contributed by atoms with Crippen LogP contribution in [0.25, 0.3) is 10.9 Å². The van der Waals surface area contributed by atoms with Gasteiger partial charge in [-0.05, 0) is 24.7 Å². The molecule has 0 saturated carbocycles. The number of aromatic nitrogens is 1. The van der Waals surface area contributed by atoms with Gasteiger partial charge in [-0.15, -0.1) is 0 Å². The Bertz CT molecular complexity index is 569. The minimum Gasteiger partial charge on any atom is -0.358 e. The molecule has 0 fully saturated rings. The quantitative estimate of drug-likeness (QED) is 0.903. The van der Waals surface area contributed by atoms with Gasteiger partial charge in [0.1, 0.15) is 0 Å². The zero-order chi connectivity index (χ0) is 13.9. The van der Waals surface area contributed by atoms with Crippen LogP contribution in [0.3, 0.4) is 0 Å². The number of likely N-dealkylation sites (N-methyl/N-ethyl adjacent to an activating group) is 1. The van der Waals surface area contributed by atoms with Crippen molar-refractivity contribution in [3.05, 3.63) is 35.5 Å². The summed E-state index contributed by atoms with van der Waals surface area (Å²) in [7, 11) is 0.